The summed E-state index contributed by atoms with van der Waals surface area (Å²) < 4.78 is 0. The normalized spacial score (nSPS) is 11.0. The number of aromatic nitrogens is 1. The molecular weight excluding hydrogens is 288 g/mol. The zero-order chi connectivity index (χ0) is 15.8. The molecule has 0 bridgehead atoms. The first-order chi connectivity index (χ1) is 10.7. The molecular formula is C19H28N2S. The van der Waals surface area contributed by atoms with E-state index in [0.29, 0.717) is 0 Å². The average Bonchev–Trinajstić information content (AvgIpc) is 2.98. The topological polar surface area (TPSA) is 24.9 Å². The molecule has 0 aliphatic carbocycles. The van der Waals surface area contributed by atoms with Crippen molar-refractivity contribution in [2.24, 2.45) is 0 Å². The Bertz CT molecular complexity index is 575. The summed E-state index contributed by atoms with van der Waals surface area (Å²) in [5, 5.41) is 6.94. The highest BCUT2D eigenvalue weighted by molar-refractivity contribution is 7.09. The van der Waals surface area contributed by atoms with Crippen LogP contribution in [0.1, 0.15) is 48.7 Å². The van der Waals surface area contributed by atoms with Crippen molar-refractivity contribution in [3.63, 3.8) is 0 Å². The molecule has 0 fully saturated rings. The standard InChI is InChI=1S/C19H28N2S/c1-4-5-6-7-11-20-12-10-19-21-18(14-22-19)17-9-8-15(2)16(3)13-17/h8-9,13-14,20H,4-7,10-12H2,1-3H3. The van der Waals surface area contributed by atoms with Crippen molar-refractivity contribution in [2.45, 2.75) is 52.9 Å². The molecule has 2 aromatic rings. The zero-order valence-electron chi connectivity index (χ0n) is 14.1. The lowest BCUT2D eigenvalue weighted by Crippen LogP contribution is -2.18. The van der Waals surface area contributed by atoms with Gasteiger partial charge in [-0.3, -0.25) is 0 Å². The smallest absolute Gasteiger partial charge is 0.0945 e. The molecule has 0 amide bonds. The molecule has 0 saturated heterocycles. The first-order valence-electron chi connectivity index (χ1n) is 8.43. The maximum atomic E-state index is 4.78. The Balaban J connectivity index is 1.78. The number of aryl methyl sites for hydroxylation is 2. The third-order valence-electron chi connectivity index (χ3n) is 4.08. The summed E-state index contributed by atoms with van der Waals surface area (Å²) in [6.07, 6.45) is 6.33. The van der Waals surface area contributed by atoms with Crippen LogP contribution in [0.15, 0.2) is 23.6 Å². The molecule has 2 rings (SSSR count). The summed E-state index contributed by atoms with van der Waals surface area (Å²) in [6, 6.07) is 6.59. The van der Waals surface area contributed by atoms with Crippen molar-refractivity contribution in [2.75, 3.05) is 13.1 Å². The highest BCUT2D eigenvalue weighted by Crippen LogP contribution is 2.24. The van der Waals surface area contributed by atoms with Gasteiger partial charge in [0.05, 0.1) is 10.7 Å². The van der Waals surface area contributed by atoms with Gasteiger partial charge < -0.3 is 5.32 Å². The third kappa shape index (κ3) is 5.22. The van der Waals surface area contributed by atoms with E-state index < -0.39 is 0 Å². The summed E-state index contributed by atoms with van der Waals surface area (Å²) in [6.45, 7) is 8.73. The van der Waals surface area contributed by atoms with E-state index in [1.807, 2.05) is 0 Å². The van der Waals surface area contributed by atoms with Gasteiger partial charge in [0.15, 0.2) is 0 Å². The lowest BCUT2D eigenvalue weighted by Gasteiger charge is -2.03. The Morgan fingerprint density at radius 3 is 2.68 bits per heavy atom. The second-order valence-corrected chi connectivity index (χ2v) is 6.93. The summed E-state index contributed by atoms with van der Waals surface area (Å²) in [4.78, 5) is 4.78. The van der Waals surface area contributed by atoms with Gasteiger partial charge in [-0.1, -0.05) is 38.3 Å². The molecule has 1 aromatic heterocycles. The van der Waals surface area contributed by atoms with Crippen molar-refractivity contribution in [1.29, 1.82) is 0 Å². The van der Waals surface area contributed by atoms with E-state index in [0.717, 1.165) is 25.2 Å². The predicted molar refractivity (Wildman–Crippen MR) is 97.7 cm³/mol. The van der Waals surface area contributed by atoms with E-state index in [9.17, 15) is 0 Å². The first kappa shape index (κ1) is 17.2. The molecule has 1 N–H and O–H groups in total. The fraction of sp³-hybridized carbons (Fsp3) is 0.526. The van der Waals surface area contributed by atoms with Crippen LogP contribution in [0.2, 0.25) is 0 Å². The van der Waals surface area contributed by atoms with Crippen LogP contribution in [0.4, 0.5) is 0 Å². The van der Waals surface area contributed by atoms with Crippen LogP contribution in [0.3, 0.4) is 0 Å². The molecule has 0 atom stereocenters. The van der Waals surface area contributed by atoms with Crippen LogP contribution in [0, 0.1) is 13.8 Å². The van der Waals surface area contributed by atoms with Gasteiger partial charge in [0.25, 0.3) is 0 Å². The van der Waals surface area contributed by atoms with Gasteiger partial charge in [0.2, 0.25) is 0 Å². The minimum Gasteiger partial charge on any atom is -0.316 e. The van der Waals surface area contributed by atoms with Crippen LogP contribution in [-0.4, -0.2) is 18.1 Å². The van der Waals surface area contributed by atoms with Crippen LogP contribution < -0.4 is 5.32 Å². The van der Waals surface area contributed by atoms with E-state index in [1.165, 1.54) is 47.4 Å². The molecule has 0 saturated carbocycles. The largest absolute Gasteiger partial charge is 0.316 e. The summed E-state index contributed by atoms with van der Waals surface area (Å²) in [7, 11) is 0. The highest BCUT2D eigenvalue weighted by atomic mass is 32.1. The number of nitrogens with zero attached hydrogens (tertiary/aromatic N) is 1. The van der Waals surface area contributed by atoms with Crippen molar-refractivity contribution in [3.05, 3.63) is 39.7 Å². The fourth-order valence-electron chi connectivity index (χ4n) is 2.46. The Labute approximate surface area is 139 Å². The molecule has 1 heterocycles. The molecule has 3 heteroatoms. The predicted octanol–water partition coefficient (Wildman–Crippen LogP) is 5.14. The van der Waals surface area contributed by atoms with Gasteiger partial charge in [-0.2, -0.15) is 0 Å². The van der Waals surface area contributed by atoms with Gasteiger partial charge in [-0.25, -0.2) is 4.98 Å². The third-order valence-corrected chi connectivity index (χ3v) is 4.99. The number of benzene rings is 1. The number of hydrogen-bond acceptors (Lipinski definition) is 3. The number of nitrogens with one attached hydrogen (secondary N) is 1. The van der Waals surface area contributed by atoms with Crippen molar-refractivity contribution in [1.82, 2.24) is 10.3 Å². The molecule has 0 spiro atoms. The second-order valence-electron chi connectivity index (χ2n) is 5.99. The van der Waals surface area contributed by atoms with Crippen LogP contribution >= 0.6 is 11.3 Å². The molecule has 0 aliphatic rings. The molecule has 0 unspecified atom stereocenters. The lowest BCUT2D eigenvalue weighted by atomic mass is 10.1. The summed E-state index contributed by atoms with van der Waals surface area (Å²) >= 11 is 1.78. The van der Waals surface area contributed by atoms with Crippen molar-refractivity contribution in [3.8, 4) is 11.3 Å². The second kappa shape index (κ2) is 9.06. The highest BCUT2D eigenvalue weighted by Gasteiger charge is 2.05. The van der Waals surface area contributed by atoms with Crippen LogP contribution in [0.5, 0.6) is 0 Å². The summed E-state index contributed by atoms with van der Waals surface area (Å²) in [5.74, 6) is 0. The van der Waals surface area contributed by atoms with E-state index in [-0.39, 0.29) is 0 Å². The van der Waals surface area contributed by atoms with Gasteiger partial charge >= 0.3 is 0 Å². The molecule has 2 nitrogen and oxygen atoms in total. The Morgan fingerprint density at radius 1 is 1.05 bits per heavy atom. The molecule has 0 radical (unpaired) electrons. The number of unbranched alkanes of at least 4 members (excludes halogenated alkanes) is 3. The fourth-order valence-corrected chi connectivity index (χ4v) is 3.26. The minimum absolute atomic E-state index is 1.03. The maximum Gasteiger partial charge on any atom is 0.0945 e. The Kier molecular flexibility index (Phi) is 7.07. The van der Waals surface area contributed by atoms with Gasteiger partial charge in [0, 0.05) is 23.9 Å². The molecule has 1 aromatic carbocycles. The molecule has 0 aliphatic heterocycles. The lowest BCUT2D eigenvalue weighted by molar-refractivity contribution is 0.598. The number of thiazole rings is 1. The van der Waals surface area contributed by atoms with Crippen LogP contribution in [0.25, 0.3) is 11.3 Å². The SMILES string of the molecule is CCCCCCNCCc1nc(-c2ccc(C)c(C)c2)cs1. The van der Waals surface area contributed by atoms with Crippen molar-refractivity contribution >= 4 is 11.3 Å². The minimum atomic E-state index is 1.03. The quantitative estimate of drug-likeness (QED) is 0.648. The van der Waals surface area contributed by atoms with Gasteiger partial charge in [0.1, 0.15) is 0 Å². The Morgan fingerprint density at radius 2 is 1.91 bits per heavy atom. The monoisotopic (exact) mass is 316 g/mol. The first-order valence-corrected chi connectivity index (χ1v) is 9.31. The van der Waals surface area contributed by atoms with Gasteiger partial charge in [-0.05, 0) is 44.0 Å². The zero-order valence-corrected chi connectivity index (χ0v) is 14.9. The maximum absolute atomic E-state index is 4.78. The van der Waals surface area contributed by atoms with E-state index in [1.54, 1.807) is 11.3 Å². The molecule has 120 valence electrons. The van der Waals surface area contributed by atoms with Gasteiger partial charge in [-0.15, -0.1) is 11.3 Å². The average molecular weight is 317 g/mol. The van der Waals surface area contributed by atoms with E-state index in [4.69, 9.17) is 4.98 Å². The summed E-state index contributed by atoms with van der Waals surface area (Å²) in [5.41, 5.74) is 5.02. The van der Waals surface area contributed by atoms with Crippen LogP contribution in [-0.2, 0) is 6.42 Å². The van der Waals surface area contributed by atoms with E-state index in [2.05, 4.69) is 49.7 Å². The number of rotatable bonds is 9. The Hall–Kier alpha value is -1.19. The van der Waals surface area contributed by atoms with Crippen molar-refractivity contribution < 1.29 is 0 Å². The number of hydrogen-bond donors (Lipinski definition) is 1. The van der Waals surface area contributed by atoms with E-state index >= 15 is 0 Å². The molecule has 22 heavy (non-hydrogen) atoms.